The van der Waals surface area contributed by atoms with E-state index in [0.29, 0.717) is 5.56 Å². The summed E-state index contributed by atoms with van der Waals surface area (Å²) in [6.07, 6.45) is 0. The molecule has 0 amide bonds. The summed E-state index contributed by atoms with van der Waals surface area (Å²) in [5.41, 5.74) is 1.58. The van der Waals surface area contributed by atoms with Crippen molar-refractivity contribution in [3.8, 4) is 16.9 Å². The molecule has 2 nitrogen and oxygen atoms in total. The van der Waals surface area contributed by atoms with Gasteiger partial charge in [0.2, 0.25) is 0 Å². The summed E-state index contributed by atoms with van der Waals surface area (Å²) in [5.74, 6) is -0.242. The maximum Gasteiger partial charge on any atom is 0.188 e. The van der Waals surface area contributed by atoms with Gasteiger partial charge in [0.25, 0.3) is 0 Å². The molecule has 0 saturated heterocycles. The zero-order chi connectivity index (χ0) is 12.8. The van der Waals surface area contributed by atoms with Crippen LogP contribution in [0, 0.1) is 5.82 Å². The van der Waals surface area contributed by atoms with Crippen LogP contribution in [0.2, 0.25) is 0 Å². The first-order chi connectivity index (χ1) is 8.83. The van der Waals surface area contributed by atoms with E-state index in [1.165, 1.54) is 6.07 Å². The molecule has 0 aliphatic carbocycles. The molecule has 0 aromatic heterocycles. The Morgan fingerprint density at radius 3 is 2.61 bits per heavy atom. The van der Waals surface area contributed by atoms with Gasteiger partial charge in [0.15, 0.2) is 18.3 Å². The van der Waals surface area contributed by atoms with Crippen molar-refractivity contribution in [1.29, 1.82) is 0 Å². The van der Waals surface area contributed by atoms with Gasteiger partial charge < -0.3 is 4.74 Å². The largest absolute Gasteiger partial charge is 0.467 e. The molecule has 0 saturated carbocycles. The van der Waals surface area contributed by atoms with Crippen LogP contribution < -0.4 is 4.74 Å². The van der Waals surface area contributed by atoms with Crippen molar-refractivity contribution in [3.05, 3.63) is 54.3 Å². The summed E-state index contributed by atoms with van der Waals surface area (Å²) in [4.78, 5) is 3.62. The highest BCUT2D eigenvalue weighted by Crippen LogP contribution is 2.32. The number of aliphatic imine (C=N–C) groups is 1. The van der Waals surface area contributed by atoms with Gasteiger partial charge in [-0.25, -0.2) is 4.39 Å². The van der Waals surface area contributed by atoms with E-state index in [1.807, 2.05) is 30.3 Å². The molecule has 2 aromatic rings. The molecule has 0 fully saturated rings. The summed E-state index contributed by atoms with van der Waals surface area (Å²) in [6.45, 7) is -0.0374. The molecule has 18 heavy (non-hydrogen) atoms. The van der Waals surface area contributed by atoms with E-state index < -0.39 is 5.82 Å². The minimum absolute atomic E-state index is 0.0374. The number of para-hydroxylation sites is 1. The van der Waals surface area contributed by atoms with Gasteiger partial charge in [0, 0.05) is 5.56 Å². The molecule has 0 N–H and O–H groups in total. The monoisotopic (exact) mass is 259 g/mol. The molecule has 0 unspecified atom stereocenters. The lowest BCUT2D eigenvalue weighted by Gasteiger charge is -2.10. The van der Waals surface area contributed by atoms with Crippen molar-refractivity contribution in [2.75, 3.05) is 6.73 Å². The quantitative estimate of drug-likeness (QED) is 0.613. The molecule has 0 aliphatic heterocycles. The van der Waals surface area contributed by atoms with Crippen LogP contribution in [0.25, 0.3) is 11.1 Å². The van der Waals surface area contributed by atoms with Crippen molar-refractivity contribution in [2.24, 2.45) is 4.99 Å². The van der Waals surface area contributed by atoms with E-state index in [9.17, 15) is 4.39 Å². The van der Waals surface area contributed by atoms with E-state index in [2.05, 4.69) is 22.4 Å². The number of rotatable bonds is 4. The van der Waals surface area contributed by atoms with Crippen LogP contribution in [0.1, 0.15) is 0 Å². The Morgan fingerprint density at radius 1 is 1.11 bits per heavy atom. The lowest BCUT2D eigenvalue weighted by Crippen LogP contribution is -1.98. The molecule has 90 valence electrons. The Morgan fingerprint density at radius 2 is 1.89 bits per heavy atom. The third kappa shape index (κ3) is 2.80. The number of hydrogen-bond donors (Lipinski definition) is 0. The van der Waals surface area contributed by atoms with Crippen LogP contribution in [-0.2, 0) is 0 Å². The van der Waals surface area contributed by atoms with Crippen LogP contribution in [0.5, 0.6) is 5.75 Å². The maximum absolute atomic E-state index is 13.7. The fourth-order valence-corrected chi connectivity index (χ4v) is 1.68. The second-order valence-electron chi connectivity index (χ2n) is 3.51. The standard InChI is InChI=1S/C14H10FNOS/c15-13-8-4-7-12(11-5-2-1-3-6-11)14(13)17-9-16-10-18/h1-8H,9H2. The molecule has 2 rings (SSSR count). The van der Waals surface area contributed by atoms with Crippen molar-refractivity contribution in [3.63, 3.8) is 0 Å². The highest BCUT2D eigenvalue weighted by molar-refractivity contribution is 7.78. The molecule has 2 aromatic carbocycles. The van der Waals surface area contributed by atoms with Gasteiger partial charge in [-0.05, 0) is 23.8 Å². The SMILES string of the molecule is Fc1cccc(-c2ccccc2)c1OCN=C=S. The van der Waals surface area contributed by atoms with Crippen LogP contribution in [0.4, 0.5) is 4.39 Å². The van der Waals surface area contributed by atoms with Crippen LogP contribution in [-0.4, -0.2) is 11.9 Å². The van der Waals surface area contributed by atoms with Crippen molar-refractivity contribution in [1.82, 2.24) is 0 Å². The van der Waals surface area contributed by atoms with Crippen molar-refractivity contribution >= 4 is 17.4 Å². The fraction of sp³-hybridized carbons (Fsp3) is 0.0714. The maximum atomic E-state index is 13.7. The highest BCUT2D eigenvalue weighted by atomic mass is 32.1. The van der Waals surface area contributed by atoms with Crippen LogP contribution >= 0.6 is 12.2 Å². The lowest BCUT2D eigenvalue weighted by atomic mass is 10.0. The summed E-state index contributed by atoms with van der Waals surface area (Å²) in [5, 5.41) is 2.18. The number of thiocarbonyl (C=S) groups is 1. The number of ether oxygens (including phenoxy) is 1. The molecule has 0 aliphatic rings. The first kappa shape index (κ1) is 12.4. The zero-order valence-electron chi connectivity index (χ0n) is 9.47. The molecule has 0 atom stereocenters. The average Bonchev–Trinajstić information content (AvgIpc) is 2.42. The minimum atomic E-state index is -0.420. The third-order valence-electron chi connectivity index (χ3n) is 2.39. The van der Waals surface area contributed by atoms with E-state index in [4.69, 9.17) is 4.74 Å². The first-order valence-electron chi connectivity index (χ1n) is 5.33. The molecule has 0 radical (unpaired) electrons. The number of halogens is 1. The number of isothiocyanates is 1. The topological polar surface area (TPSA) is 21.6 Å². The fourth-order valence-electron chi connectivity index (χ4n) is 1.62. The van der Waals surface area contributed by atoms with E-state index in [-0.39, 0.29) is 12.5 Å². The minimum Gasteiger partial charge on any atom is -0.467 e. The molecule has 4 heteroatoms. The van der Waals surface area contributed by atoms with Gasteiger partial charge in [0.1, 0.15) is 0 Å². The summed E-state index contributed by atoms with van der Waals surface area (Å²) in [7, 11) is 0. The normalized spacial score (nSPS) is 9.61. The summed E-state index contributed by atoms with van der Waals surface area (Å²) < 4.78 is 19.0. The second-order valence-corrected chi connectivity index (χ2v) is 3.69. The van der Waals surface area contributed by atoms with Gasteiger partial charge >= 0.3 is 0 Å². The van der Waals surface area contributed by atoms with Gasteiger partial charge in [-0.2, -0.15) is 4.99 Å². The molecular weight excluding hydrogens is 249 g/mol. The van der Waals surface area contributed by atoms with Crippen molar-refractivity contribution < 1.29 is 9.13 Å². The predicted molar refractivity (Wildman–Crippen MR) is 72.4 cm³/mol. The Hall–Kier alpha value is -2.03. The Balaban J connectivity index is 2.41. The summed E-state index contributed by atoms with van der Waals surface area (Å²) >= 11 is 4.44. The number of benzene rings is 2. The summed E-state index contributed by atoms with van der Waals surface area (Å²) in [6, 6.07) is 14.3. The van der Waals surface area contributed by atoms with E-state index in [0.717, 1.165) is 5.56 Å². The number of hydrogen-bond acceptors (Lipinski definition) is 3. The second kappa shape index (κ2) is 6.05. The van der Waals surface area contributed by atoms with Crippen LogP contribution in [0.3, 0.4) is 0 Å². The van der Waals surface area contributed by atoms with Gasteiger partial charge in [0.05, 0.1) is 5.16 Å². The predicted octanol–water partition coefficient (Wildman–Crippen LogP) is 3.93. The van der Waals surface area contributed by atoms with Gasteiger partial charge in [-0.3, -0.25) is 0 Å². The Labute approximate surface area is 110 Å². The molecular formula is C14H10FNOS. The zero-order valence-corrected chi connectivity index (χ0v) is 10.3. The molecule has 0 heterocycles. The van der Waals surface area contributed by atoms with Crippen molar-refractivity contribution in [2.45, 2.75) is 0 Å². The van der Waals surface area contributed by atoms with Gasteiger partial charge in [-0.1, -0.05) is 42.5 Å². The Bertz CT molecular complexity index is 580. The highest BCUT2D eigenvalue weighted by Gasteiger charge is 2.10. The van der Waals surface area contributed by atoms with E-state index in [1.54, 1.807) is 12.1 Å². The smallest absolute Gasteiger partial charge is 0.188 e. The third-order valence-corrected chi connectivity index (χ3v) is 2.52. The Kier molecular flexibility index (Phi) is 4.18. The number of nitrogens with zero attached hydrogens (tertiary/aromatic N) is 1. The van der Waals surface area contributed by atoms with E-state index >= 15 is 0 Å². The first-order valence-corrected chi connectivity index (χ1v) is 5.74. The average molecular weight is 259 g/mol. The lowest BCUT2D eigenvalue weighted by molar-refractivity contribution is 0.316. The van der Waals surface area contributed by atoms with Gasteiger partial charge in [-0.15, -0.1) is 0 Å². The van der Waals surface area contributed by atoms with Crippen LogP contribution in [0.15, 0.2) is 53.5 Å². The molecule has 0 bridgehead atoms. The molecule has 0 spiro atoms.